The lowest BCUT2D eigenvalue weighted by Crippen LogP contribution is -2.33. The molecule has 0 amide bonds. The van der Waals surface area contributed by atoms with Gasteiger partial charge in [0.15, 0.2) is 5.75 Å². The van der Waals surface area contributed by atoms with Crippen LogP contribution in [-0.4, -0.2) is 19.7 Å². The Hall–Kier alpha value is -3.19. The highest BCUT2D eigenvalue weighted by molar-refractivity contribution is 9.10. The quantitative estimate of drug-likeness (QED) is 0.447. The van der Waals surface area contributed by atoms with Crippen LogP contribution in [0.2, 0.25) is 10.0 Å². The van der Waals surface area contributed by atoms with E-state index in [1.807, 2.05) is 11.1 Å². The number of rotatable bonds is 3. The molecular weight excluding hydrogens is 497 g/mol. The van der Waals surface area contributed by atoms with Crippen molar-refractivity contribution < 1.29 is 4.74 Å². The average Bonchev–Trinajstić information content (AvgIpc) is 2.71. The van der Waals surface area contributed by atoms with E-state index in [2.05, 4.69) is 26.0 Å². The Bertz CT molecular complexity index is 1450. The van der Waals surface area contributed by atoms with Gasteiger partial charge in [0.05, 0.1) is 21.2 Å². The fourth-order valence-electron chi connectivity index (χ4n) is 2.69. The molecule has 1 N–H and O–H groups in total. The van der Waals surface area contributed by atoms with Gasteiger partial charge < -0.3 is 4.74 Å². The Balaban J connectivity index is 1.76. The van der Waals surface area contributed by atoms with Crippen LogP contribution in [0.4, 0.5) is 0 Å². The van der Waals surface area contributed by atoms with Crippen LogP contribution in [0, 0.1) is 11.3 Å². The first-order valence-electron chi connectivity index (χ1n) is 8.22. The molecule has 0 atom stereocenters. The molecule has 0 spiro atoms. The maximum atomic E-state index is 12.1. The zero-order chi connectivity index (χ0) is 21.4. The molecule has 0 radical (unpaired) electrons. The molecule has 0 aliphatic carbocycles. The number of hydrogen-bond acceptors (Lipinski definition) is 6. The second-order valence-corrected chi connectivity index (χ2v) is 7.61. The van der Waals surface area contributed by atoms with Gasteiger partial charge in [-0.2, -0.15) is 9.94 Å². The first-order valence-corrected chi connectivity index (χ1v) is 9.77. The van der Waals surface area contributed by atoms with Crippen molar-refractivity contribution in [3.8, 4) is 23.3 Å². The molecule has 4 rings (SSSR count). The minimum Gasteiger partial charge on any atom is -0.454 e. The van der Waals surface area contributed by atoms with Gasteiger partial charge >= 0.3 is 5.69 Å². The molecule has 8 nitrogen and oxygen atoms in total. The fourth-order valence-corrected chi connectivity index (χ4v) is 3.68. The van der Waals surface area contributed by atoms with E-state index < -0.39 is 16.9 Å². The van der Waals surface area contributed by atoms with Gasteiger partial charge in [-0.3, -0.25) is 14.8 Å². The zero-order valence-electron chi connectivity index (χ0n) is 14.7. The van der Waals surface area contributed by atoms with Crippen LogP contribution in [-0.2, 0) is 0 Å². The van der Waals surface area contributed by atoms with Crippen LogP contribution in [0.5, 0.6) is 11.5 Å². The van der Waals surface area contributed by atoms with Crippen molar-refractivity contribution >= 4 is 50.0 Å². The molecule has 2 aromatic carbocycles. The number of pyridine rings is 1. The monoisotopic (exact) mass is 503 g/mol. The summed E-state index contributed by atoms with van der Waals surface area (Å²) in [5.41, 5.74) is -1.27. The van der Waals surface area contributed by atoms with Crippen molar-refractivity contribution in [2.24, 2.45) is 0 Å². The summed E-state index contributed by atoms with van der Waals surface area (Å²) in [6.45, 7) is 0. The van der Waals surface area contributed by atoms with Gasteiger partial charge in [0.1, 0.15) is 11.8 Å². The van der Waals surface area contributed by atoms with Gasteiger partial charge in [-0.25, -0.2) is 4.79 Å². The van der Waals surface area contributed by atoms with Crippen LogP contribution in [0.25, 0.3) is 16.6 Å². The third-order valence-corrected chi connectivity index (χ3v) is 5.29. The molecule has 0 saturated heterocycles. The molecule has 0 aliphatic heterocycles. The van der Waals surface area contributed by atoms with E-state index in [4.69, 9.17) is 33.2 Å². The Labute approximate surface area is 186 Å². The highest BCUT2D eigenvalue weighted by Gasteiger charge is 2.15. The molecule has 11 heteroatoms. The molecule has 0 saturated carbocycles. The van der Waals surface area contributed by atoms with Gasteiger partial charge in [0, 0.05) is 16.1 Å². The van der Waals surface area contributed by atoms with Crippen molar-refractivity contribution in [1.82, 2.24) is 19.7 Å². The van der Waals surface area contributed by atoms with Gasteiger partial charge in [-0.15, -0.1) is 5.10 Å². The molecule has 0 aliphatic rings. The number of benzene rings is 2. The molecule has 30 heavy (non-hydrogen) atoms. The van der Waals surface area contributed by atoms with Gasteiger partial charge in [0.2, 0.25) is 5.69 Å². The predicted molar refractivity (Wildman–Crippen MR) is 115 cm³/mol. The van der Waals surface area contributed by atoms with Crippen molar-refractivity contribution in [2.45, 2.75) is 0 Å². The largest absolute Gasteiger partial charge is 0.454 e. The van der Waals surface area contributed by atoms with Crippen LogP contribution in [0.1, 0.15) is 5.69 Å². The Morgan fingerprint density at radius 1 is 1.13 bits per heavy atom. The molecule has 2 aromatic heterocycles. The van der Waals surface area contributed by atoms with E-state index in [0.29, 0.717) is 5.75 Å². The molecule has 0 fully saturated rings. The third kappa shape index (κ3) is 3.68. The van der Waals surface area contributed by atoms with Crippen molar-refractivity contribution in [1.29, 1.82) is 5.26 Å². The third-order valence-electron chi connectivity index (χ3n) is 4.04. The second kappa shape index (κ2) is 7.91. The summed E-state index contributed by atoms with van der Waals surface area (Å²) in [5.74, 6) is 0.637. The zero-order valence-corrected chi connectivity index (χ0v) is 17.8. The van der Waals surface area contributed by atoms with Gasteiger partial charge in [-0.05, 0) is 36.4 Å². The topological polar surface area (TPSA) is 114 Å². The number of hydrogen-bond donors (Lipinski definition) is 1. The summed E-state index contributed by atoms with van der Waals surface area (Å²) in [6.07, 6.45) is 1.68. The van der Waals surface area contributed by atoms with E-state index >= 15 is 0 Å². The SMILES string of the molecule is N#Cc1nn(-c2cc(Cl)c(Oc3ccc4nccc(Br)c4c3)c(Cl)c2)c(=O)[nH]c1=O. The molecule has 148 valence electrons. The highest BCUT2D eigenvalue weighted by Crippen LogP contribution is 2.39. The number of H-pyrrole nitrogens is 1. The van der Waals surface area contributed by atoms with E-state index in [1.165, 1.54) is 12.1 Å². The number of aromatic nitrogens is 4. The Kier molecular flexibility index (Phi) is 5.30. The predicted octanol–water partition coefficient (Wildman–Crippen LogP) is 4.20. The second-order valence-electron chi connectivity index (χ2n) is 5.94. The lowest BCUT2D eigenvalue weighted by atomic mass is 10.2. The maximum Gasteiger partial charge on any atom is 0.349 e. The molecule has 0 bridgehead atoms. The highest BCUT2D eigenvalue weighted by atomic mass is 79.9. The fraction of sp³-hybridized carbons (Fsp3) is 0. The van der Waals surface area contributed by atoms with Crippen molar-refractivity contribution in [2.75, 3.05) is 0 Å². The van der Waals surface area contributed by atoms with E-state index in [9.17, 15) is 9.59 Å². The number of fused-ring (bicyclic) bond motifs is 1. The summed E-state index contributed by atoms with van der Waals surface area (Å²) >= 11 is 16.1. The number of aromatic amines is 1. The molecule has 4 aromatic rings. The van der Waals surface area contributed by atoms with E-state index in [-0.39, 0.29) is 21.5 Å². The van der Waals surface area contributed by atoms with Gasteiger partial charge in [0.25, 0.3) is 5.56 Å². The van der Waals surface area contributed by atoms with E-state index in [0.717, 1.165) is 20.1 Å². The summed E-state index contributed by atoms with van der Waals surface area (Å²) in [6, 6.07) is 11.5. The number of nitrogens with one attached hydrogen (secondary N) is 1. The van der Waals surface area contributed by atoms with Crippen LogP contribution < -0.4 is 16.0 Å². The van der Waals surface area contributed by atoms with Crippen LogP contribution in [0.15, 0.2) is 56.7 Å². The molecule has 2 heterocycles. The number of ether oxygens (including phenoxy) is 1. The first kappa shape index (κ1) is 20.1. The lowest BCUT2D eigenvalue weighted by molar-refractivity contribution is 0.483. The maximum absolute atomic E-state index is 12.1. The summed E-state index contributed by atoms with van der Waals surface area (Å²) in [5, 5.41) is 13.7. The summed E-state index contributed by atoms with van der Waals surface area (Å²) < 4.78 is 7.53. The molecular formula is C19H8BrCl2N5O3. The standard InChI is InChI=1S/C19H8BrCl2N5O3/c20-12-3-4-24-15-2-1-10(7-11(12)15)30-17-13(21)5-9(6-14(17)22)27-19(29)25-18(28)16(8-23)26-27/h1-7H,(H,25,28,29). The van der Waals surface area contributed by atoms with Crippen LogP contribution in [0.3, 0.4) is 0 Å². The number of nitriles is 1. The Morgan fingerprint density at radius 3 is 2.57 bits per heavy atom. The summed E-state index contributed by atoms with van der Waals surface area (Å²) in [4.78, 5) is 29.9. The van der Waals surface area contributed by atoms with Crippen molar-refractivity contribution in [3.05, 3.63) is 83.6 Å². The average molecular weight is 505 g/mol. The van der Waals surface area contributed by atoms with Crippen molar-refractivity contribution in [3.63, 3.8) is 0 Å². The van der Waals surface area contributed by atoms with Crippen LogP contribution >= 0.6 is 39.1 Å². The Morgan fingerprint density at radius 2 is 1.87 bits per heavy atom. The summed E-state index contributed by atoms with van der Waals surface area (Å²) in [7, 11) is 0. The number of halogens is 3. The number of nitrogens with zero attached hydrogens (tertiary/aromatic N) is 4. The van der Waals surface area contributed by atoms with Gasteiger partial charge in [-0.1, -0.05) is 39.1 Å². The minimum atomic E-state index is -0.882. The minimum absolute atomic E-state index is 0.0984. The first-order chi connectivity index (χ1) is 14.4. The smallest absolute Gasteiger partial charge is 0.349 e. The van der Waals surface area contributed by atoms with E-state index in [1.54, 1.807) is 30.5 Å². The lowest BCUT2D eigenvalue weighted by Gasteiger charge is -2.13. The normalized spacial score (nSPS) is 10.7. The molecule has 0 unspecified atom stereocenters.